The first-order valence-corrected chi connectivity index (χ1v) is 12.1. The van der Waals surface area contributed by atoms with Crippen LogP contribution in [-0.4, -0.2) is 55.6 Å². The average molecular weight is 421 g/mol. The van der Waals surface area contributed by atoms with Crippen LogP contribution in [-0.2, 0) is 10.0 Å². The van der Waals surface area contributed by atoms with E-state index in [-0.39, 0.29) is 11.9 Å². The number of aromatic nitrogens is 1. The summed E-state index contributed by atoms with van der Waals surface area (Å²) in [4.78, 5) is 20.2. The topological polar surface area (TPSA) is 91.4 Å². The maximum Gasteiger partial charge on any atom is 0.263 e. The van der Waals surface area contributed by atoms with Gasteiger partial charge in [0.1, 0.15) is 9.88 Å². The maximum absolute atomic E-state index is 12.8. The Kier molecular flexibility index (Phi) is 5.15. The van der Waals surface area contributed by atoms with Crippen molar-refractivity contribution >= 4 is 33.0 Å². The fourth-order valence-electron chi connectivity index (χ4n) is 4.23. The Hall–Kier alpha value is -1.97. The van der Waals surface area contributed by atoms with Crippen molar-refractivity contribution in [2.24, 2.45) is 5.92 Å². The molecule has 3 aliphatic heterocycles. The quantitative estimate of drug-likeness (QED) is 0.775. The molecular weight excluding hydrogens is 396 g/mol. The van der Waals surface area contributed by atoms with E-state index in [4.69, 9.17) is 0 Å². The number of fused-ring (bicyclic) bond motifs is 3. The van der Waals surface area contributed by atoms with Crippen molar-refractivity contribution in [3.8, 4) is 10.6 Å². The number of para-hydroxylation sites is 1. The van der Waals surface area contributed by atoms with Gasteiger partial charge in [0.2, 0.25) is 10.0 Å². The van der Waals surface area contributed by atoms with Crippen LogP contribution >= 0.6 is 11.3 Å². The van der Waals surface area contributed by atoms with Crippen LogP contribution in [0.3, 0.4) is 0 Å². The molecule has 1 amide bonds. The number of sulfonamides is 1. The summed E-state index contributed by atoms with van der Waals surface area (Å²) in [6.45, 7) is 4.42. The molecule has 2 N–H and O–H groups in total. The van der Waals surface area contributed by atoms with Crippen molar-refractivity contribution in [1.82, 2.24) is 15.2 Å². The summed E-state index contributed by atoms with van der Waals surface area (Å²) in [6.07, 6.45) is 4.94. The standard InChI is InChI=1S/C19H24N4O3S2/c1-12-17(13-7-9-23(12)10-8-13)21-18(24)16-11-20-19(27-16)14-5-3-4-6-15(14)22-28(2,25)26/h3-6,11-13,17,22H,7-10H2,1-2H3,(H,21,24). The highest BCUT2D eigenvalue weighted by Crippen LogP contribution is 2.34. The van der Waals surface area contributed by atoms with Crippen LogP contribution in [0.15, 0.2) is 30.5 Å². The first-order chi connectivity index (χ1) is 13.3. The third-order valence-electron chi connectivity index (χ3n) is 5.66. The zero-order chi connectivity index (χ0) is 19.9. The monoisotopic (exact) mass is 420 g/mol. The fraction of sp³-hybridized carbons (Fsp3) is 0.474. The van der Waals surface area contributed by atoms with Gasteiger partial charge >= 0.3 is 0 Å². The molecule has 0 aliphatic carbocycles. The van der Waals surface area contributed by atoms with E-state index in [0.717, 1.165) is 32.2 Å². The highest BCUT2D eigenvalue weighted by molar-refractivity contribution is 7.92. The molecule has 28 heavy (non-hydrogen) atoms. The molecule has 2 bridgehead atoms. The fourth-order valence-corrected chi connectivity index (χ4v) is 5.67. The molecule has 3 saturated heterocycles. The zero-order valence-electron chi connectivity index (χ0n) is 15.9. The highest BCUT2D eigenvalue weighted by atomic mass is 32.2. The Bertz CT molecular complexity index is 979. The summed E-state index contributed by atoms with van der Waals surface area (Å²) in [5, 5.41) is 3.82. The van der Waals surface area contributed by atoms with Gasteiger partial charge in [-0.2, -0.15) is 0 Å². The normalized spacial score (nSPS) is 26.8. The first-order valence-electron chi connectivity index (χ1n) is 9.40. The van der Waals surface area contributed by atoms with E-state index < -0.39 is 10.0 Å². The Morgan fingerprint density at radius 2 is 1.96 bits per heavy atom. The number of benzene rings is 1. The van der Waals surface area contributed by atoms with Crippen LogP contribution in [0.4, 0.5) is 5.69 Å². The van der Waals surface area contributed by atoms with Crippen LogP contribution in [0.1, 0.15) is 29.4 Å². The summed E-state index contributed by atoms with van der Waals surface area (Å²) in [6, 6.07) is 7.57. The molecule has 3 aliphatic rings. The molecule has 7 nitrogen and oxygen atoms in total. The van der Waals surface area contributed by atoms with Gasteiger partial charge in [-0.1, -0.05) is 12.1 Å². The molecule has 0 saturated carbocycles. The second kappa shape index (κ2) is 7.46. The summed E-state index contributed by atoms with van der Waals surface area (Å²) in [7, 11) is -3.40. The first kappa shape index (κ1) is 19.4. The lowest BCUT2D eigenvalue weighted by atomic mass is 9.79. The molecule has 3 fully saturated rings. The molecule has 1 aromatic heterocycles. The number of rotatable bonds is 5. The Morgan fingerprint density at radius 1 is 1.25 bits per heavy atom. The molecule has 1 aromatic carbocycles. The number of piperidine rings is 3. The molecule has 5 rings (SSSR count). The van der Waals surface area contributed by atoms with Crippen LogP contribution in [0, 0.1) is 5.92 Å². The number of thiazole rings is 1. The van der Waals surface area contributed by atoms with Gasteiger partial charge in [0.05, 0.1) is 18.1 Å². The van der Waals surface area contributed by atoms with Gasteiger partial charge in [-0.15, -0.1) is 11.3 Å². The number of nitrogens with one attached hydrogen (secondary N) is 2. The lowest BCUT2D eigenvalue weighted by molar-refractivity contribution is 0.0218. The minimum Gasteiger partial charge on any atom is -0.347 e. The van der Waals surface area contributed by atoms with Gasteiger partial charge in [-0.05, 0) is 50.9 Å². The Labute approximate surface area is 169 Å². The summed E-state index contributed by atoms with van der Waals surface area (Å²) in [5.41, 5.74) is 1.12. The number of carbonyl (C=O) groups is 1. The van der Waals surface area contributed by atoms with Gasteiger partial charge in [0, 0.05) is 17.6 Å². The molecule has 0 spiro atoms. The van der Waals surface area contributed by atoms with E-state index in [1.807, 2.05) is 6.07 Å². The average Bonchev–Trinajstić information content (AvgIpc) is 3.14. The lowest BCUT2D eigenvalue weighted by Gasteiger charge is -2.49. The van der Waals surface area contributed by atoms with Gasteiger partial charge in [-0.25, -0.2) is 13.4 Å². The SMILES string of the molecule is CC1C(NC(=O)c2cnc(-c3ccccc3NS(C)(=O)=O)s2)C2CCN1CC2. The van der Waals surface area contributed by atoms with E-state index in [2.05, 4.69) is 26.8 Å². The van der Waals surface area contributed by atoms with Gasteiger partial charge < -0.3 is 5.32 Å². The number of nitrogens with zero attached hydrogens (tertiary/aromatic N) is 2. The van der Waals surface area contributed by atoms with Crippen LogP contribution in [0.5, 0.6) is 0 Å². The van der Waals surface area contributed by atoms with Crippen molar-refractivity contribution in [3.63, 3.8) is 0 Å². The van der Waals surface area contributed by atoms with E-state index in [1.54, 1.807) is 24.4 Å². The van der Waals surface area contributed by atoms with Crippen molar-refractivity contribution in [2.75, 3.05) is 24.1 Å². The zero-order valence-corrected chi connectivity index (χ0v) is 17.5. The Balaban J connectivity index is 1.53. The molecular formula is C19H24N4O3S2. The third-order valence-corrected chi connectivity index (χ3v) is 7.28. The Morgan fingerprint density at radius 3 is 2.64 bits per heavy atom. The largest absolute Gasteiger partial charge is 0.347 e. The lowest BCUT2D eigenvalue weighted by Crippen LogP contribution is -2.62. The van der Waals surface area contributed by atoms with E-state index in [1.165, 1.54) is 11.3 Å². The van der Waals surface area contributed by atoms with Gasteiger partial charge in [-0.3, -0.25) is 14.4 Å². The number of anilines is 1. The van der Waals surface area contributed by atoms with Gasteiger partial charge in [0.15, 0.2) is 0 Å². The smallest absolute Gasteiger partial charge is 0.263 e. The second-order valence-electron chi connectivity index (χ2n) is 7.56. The molecule has 9 heteroatoms. The van der Waals surface area contributed by atoms with Crippen LogP contribution in [0.2, 0.25) is 0 Å². The minimum atomic E-state index is -3.40. The molecule has 4 heterocycles. The summed E-state index contributed by atoms with van der Waals surface area (Å²) < 4.78 is 25.7. The molecule has 2 aromatic rings. The molecule has 0 radical (unpaired) electrons. The van der Waals surface area contributed by atoms with E-state index in [0.29, 0.717) is 33.1 Å². The maximum atomic E-state index is 12.8. The number of hydrogen-bond donors (Lipinski definition) is 2. The summed E-state index contributed by atoms with van der Waals surface area (Å²) in [5.74, 6) is 0.430. The van der Waals surface area contributed by atoms with Gasteiger partial charge in [0.25, 0.3) is 5.91 Å². The highest BCUT2D eigenvalue weighted by Gasteiger charge is 2.40. The third kappa shape index (κ3) is 3.92. The van der Waals surface area contributed by atoms with Crippen molar-refractivity contribution < 1.29 is 13.2 Å². The van der Waals surface area contributed by atoms with E-state index in [9.17, 15) is 13.2 Å². The summed E-state index contributed by atoms with van der Waals surface area (Å²) >= 11 is 1.27. The van der Waals surface area contributed by atoms with Crippen molar-refractivity contribution in [2.45, 2.75) is 31.8 Å². The molecule has 150 valence electrons. The van der Waals surface area contributed by atoms with Crippen LogP contribution in [0.25, 0.3) is 10.6 Å². The van der Waals surface area contributed by atoms with Crippen molar-refractivity contribution in [3.05, 3.63) is 35.3 Å². The molecule has 2 atom stereocenters. The number of carbonyl (C=O) groups excluding carboxylic acids is 1. The van der Waals surface area contributed by atoms with E-state index >= 15 is 0 Å². The minimum absolute atomic E-state index is 0.108. The second-order valence-corrected chi connectivity index (χ2v) is 10.3. The number of hydrogen-bond acceptors (Lipinski definition) is 6. The van der Waals surface area contributed by atoms with Crippen molar-refractivity contribution in [1.29, 1.82) is 0 Å². The van der Waals surface area contributed by atoms with Crippen LogP contribution < -0.4 is 10.0 Å². The predicted octanol–water partition coefficient (Wildman–Crippen LogP) is 2.39. The number of amides is 1. The molecule has 2 unspecified atom stereocenters. The predicted molar refractivity (Wildman–Crippen MR) is 111 cm³/mol.